The summed E-state index contributed by atoms with van der Waals surface area (Å²) in [6.45, 7) is 2.69. The fraction of sp³-hybridized carbons (Fsp3) is 0.316. The van der Waals surface area contributed by atoms with Crippen LogP contribution in [0.4, 0.5) is 14.9 Å². The quantitative estimate of drug-likeness (QED) is 0.647. The van der Waals surface area contributed by atoms with Crippen molar-refractivity contribution >= 4 is 34.5 Å². The second-order valence-corrected chi connectivity index (χ2v) is 7.03. The molecule has 2 aromatic heterocycles. The Bertz CT molecular complexity index is 1060. The average molecular weight is 405 g/mol. The number of fused-ring (bicyclic) bond motifs is 1. The summed E-state index contributed by atoms with van der Waals surface area (Å²) in [7, 11) is 0. The molecule has 1 saturated heterocycles. The fourth-order valence-corrected chi connectivity index (χ4v) is 3.43. The predicted octanol–water partition coefficient (Wildman–Crippen LogP) is 3.84. The maximum atomic E-state index is 14.7. The first-order valence-electron chi connectivity index (χ1n) is 8.94. The van der Waals surface area contributed by atoms with Gasteiger partial charge in [0.2, 0.25) is 11.6 Å². The van der Waals surface area contributed by atoms with Gasteiger partial charge in [0.1, 0.15) is 16.5 Å². The summed E-state index contributed by atoms with van der Waals surface area (Å²) in [6.07, 6.45) is 0.707. The van der Waals surface area contributed by atoms with Crippen molar-refractivity contribution in [3.05, 3.63) is 40.8 Å². The van der Waals surface area contributed by atoms with Gasteiger partial charge in [-0.05, 0) is 42.7 Å². The number of anilines is 1. The zero-order valence-corrected chi connectivity index (χ0v) is 15.8. The second-order valence-electron chi connectivity index (χ2n) is 6.64. The number of benzene rings is 1. The van der Waals surface area contributed by atoms with Gasteiger partial charge < -0.3 is 19.7 Å². The Kier molecular flexibility index (Phi) is 4.91. The molecule has 0 saturated carbocycles. The predicted molar refractivity (Wildman–Crippen MR) is 103 cm³/mol. The molecule has 0 aliphatic carbocycles. The van der Waals surface area contributed by atoms with E-state index in [1.165, 1.54) is 17.0 Å². The zero-order valence-electron chi connectivity index (χ0n) is 15.1. The number of urea groups is 1. The number of nitrogens with zero attached hydrogens (tertiary/aromatic N) is 3. The summed E-state index contributed by atoms with van der Waals surface area (Å²) in [6, 6.07) is 5.59. The van der Waals surface area contributed by atoms with Crippen molar-refractivity contribution in [2.24, 2.45) is 0 Å². The van der Waals surface area contributed by atoms with E-state index in [0.29, 0.717) is 30.6 Å². The van der Waals surface area contributed by atoms with E-state index in [2.05, 4.69) is 15.3 Å². The van der Waals surface area contributed by atoms with Crippen molar-refractivity contribution in [3.8, 4) is 11.5 Å². The number of aryl methyl sites for hydroxylation is 1. The molecule has 2 N–H and O–H groups in total. The monoisotopic (exact) mass is 404 g/mol. The van der Waals surface area contributed by atoms with Crippen LogP contribution in [-0.4, -0.2) is 45.2 Å². The molecular weight excluding hydrogens is 387 g/mol. The Morgan fingerprint density at radius 2 is 2.25 bits per heavy atom. The lowest BCUT2D eigenvalue weighted by atomic mass is 10.2. The number of nitrogens with one attached hydrogen (secondary N) is 1. The van der Waals surface area contributed by atoms with Crippen LogP contribution in [0.15, 0.2) is 28.7 Å². The van der Waals surface area contributed by atoms with Crippen LogP contribution in [0.2, 0.25) is 5.15 Å². The van der Waals surface area contributed by atoms with E-state index in [1.807, 2.05) is 6.92 Å². The van der Waals surface area contributed by atoms with Crippen molar-refractivity contribution in [1.29, 1.82) is 0 Å². The van der Waals surface area contributed by atoms with Crippen LogP contribution in [0.1, 0.15) is 18.9 Å². The lowest BCUT2D eigenvalue weighted by molar-refractivity contribution is 0.176. The van der Waals surface area contributed by atoms with Crippen LogP contribution in [0.3, 0.4) is 0 Å². The number of aromatic nitrogens is 2. The molecular formula is C19H18ClFN4O3. The molecule has 0 radical (unpaired) electrons. The van der Waals surface area contributed by atoms with Gasteiger partial charge in [-0.3, -0.25) is 0 Å². The Morgan fingerprint density at radius 3 is 2.93 bits per heavy atom. The van der Waals surface area contributed by atoms with Gasteiger partial charge in [-0.25, -0.2) is 14.2 Å². The molecule has 0 bridgehead atoms. The third-order valence-corrected chi connectivity index (χ3v) is 4.89. The number of pyridine rings is 1. The third-order valence-electron chi connectivity index (χ3n) is 4.70. The molecule has 2 amide bonds. The third kappa shape index (κ3) is 3.53. The van der Waals surface area contributed by atoms with E-state index >= 15 is 0 Å². The van der Waals surface area contributed by atoms with Crippen LogP contribution < -0.4 is 5.32 Å². The first-order valence-corrected chi connectivity index (χ1v) is 9.32. The fourth-order valence-electron chi connectivity index (χ4n) is 3.22. The van der Waals surface area contributed by atoms with Crippen molar-refractivity contribution in [2.75, 3.05) is 18.4 Å². The molecule has 0 spiro atoms. The zero-order chi connectivity index (χ0) is 19.8. The number of hydrogen-bond acceptors (Lipinski definition) is 5. The first kappa shape index (κ1) is 18.6. The highest BCUT2D eigenvalue weighted by Crippen LogP contribution is 2.30. The standard InChI is InChI=1S/C19H18ClFN4O3/c1-2-10-7-15(20)23-18-16(10)24-17(28-18)13-4-3-11(8-14(13)21)22-19(27)25-6-5-12(26)9-25/h3-4,7-8,12,26H,2,5-6,9H2,1H3,(H,22,27). The highest BCUT2D eigenvalue weighted by atomic mass is 35.5. The van der Waals surface area contributed by atoms with Crippen LogP contribution in [0, 0.1) is 5.82 Å². The molecule has 1 aromatic carbocycles. The molecule has 146 valence electrons. The van der Waals surface area contributed by atoms with E-state index in [0.717, 1.165) is 5.56 Å². The number of β-amino-alcohol motifs (C(OH)–C–C–N with tert-alkyl or cyclic N) is 1. The Hall–Kier alpha value is -2.71. The van der Waals surface area contributed by atoms with Crippen molar-refractivity contribution in [1.82, 2.24) is 14.9 Å². The van der Waals surface area contributed by atoms with Crippen LogP contribution in [-0.2, 0) is 6.42 Å². The maximum Gasteiger partial charge on any atom is 0.321 e. The summed E-state index contributed by atoms with van der Waals surface area (Å²) < 4.78 is 20.3. The highest BCUT2D eigenvalue weighted by molar-refractivity contribution is 6.29. The molecule has 4 rings (SSSR count). The molecule has 1 atom stereocenters. The summed E-state index contributed by atoms with van der Waals surface area (Å²) in [5, 5.41) is 12.4. The molecule has 1 unspecified atom stereocenters. The second kappa shape index (κ2) is 7.37. The summed E-state index contributed by atoms with van der Waals surface area (Å²) in [5.74, 6) is -0.493. The van der Waals surface area contributed by atoms with E-state index in [4.69, 9.17) is 16.0 Å². The lowest BCUT2D eigenvalue weighted by Gasteiger charge is -2.16. The van der Waals surface area contributed by atoms with Gasteiger partial charge in [-0.2, -0.15) is 4.98 Å². The smallest absolute Gasteiger partial charge is 0.321 e. The molecule has 3 aromatic rings. The van der Waals surface area contributed by atoms with Crippen molar-refractivity contribution in [3.63, 3.8) is 0 Å². The molecule has 1 aliphatic heterocycles. The number of aliphatic hydroxyl groups excluding tert-OH is 1. The number of oxazole rings is 1. The summed E-state index contributed by atoms with van der Waals surface area (Å²) in [5.41, 5.74) is 2.13. The summed E-state index contributed by atoms with van der Waals surface area (Å²) >= 11 is 5.99. The summed E-state index contributed by atoms with van der Waals surface area (Å²) in [4.78, 5) is 22.1. The molecule has 1 aliphatic rings. The normalized spacial score (nSPS) is 16.7. The molecule has 1 fully saturated rings. The van der Waals surface area contributed by atoms with Gasteiger partial charge in [-0.1, -0.05) is 18.5 Å². The minimum Gasteiger partial charge on any atom is -0.418 e. The highest BCUT2D eigenvalue weighted by Gasteiger charge is 2.25. The van der Waals surface area contributed by atoms with Crippen LogP contribution in [0.25, 0.3) is 22.7 Å². The lowest BCUT2D eigenvalue weighted by Crippen LogP contribution is -2.33. The van der Waals surface area contributed by atoms with Gasteiger partial charge in [0, 0.05) is 18.8 Å². The molecule has 9 heteroatoms. The van der Waals surface area contributed by atoms with Gasteiger partial charge in [0.15, 0.2) is 0 Å². The Morgan fingerprint density at radius 1 is 1.43 bits per heavy atom. The number of amides is 2. The average Bonchev–Trinajstić information content (AvgIpc) is 3.27. The van der Waals surface area contributed by atoms with E-state index in [1.54, 1.807) is 12.1 Å². The van der Waals surface area contributed by atoms with Gasteiger partial charge >= 0.3 is 6.03 Å². The van der Waals surface area contributed by atoms with Crippen molar-refractivity contribution in [2.45, 2.75) is 25.9 Å². The molecule has 3 heterocycles. The van der Waals surface area contributed by atoms with E-state index in [-0.39, 0.29) is 34.9 Å². The van der Waals surface area contributed by atoms with Gasteiger partial charge in [-0.15, -0.1) is 0 Å². The van der Waals surface area contributed by atoms with Crippen LogP contribution in [0.5, 0.6) is 0 Å². The Balaban J connectivity index is 1.59. The number of likely N-dealkylation sites (tertiary alicyclic amines) is 1. The number of carbonyl (C=O) groups excluding carboxylic acids is 1. The van der Waals surface area contributed by atoms with E-state index in [9.17, 15) is 14.3 Å². The van der Waals surface area contributed by atoms with Gasteiger partial charge in [0.25, 0.3) is 0 Å². The molecule has 7 nitrogen and oxygen atoms in total. The SMILES string of the molecule is CCc1cc(Cl)nc2oc(-c3ccc(NC(=O)N4CCC(O)C4)cc3F)nc12. The largest absolute Gasteiger partial charge is 0.418 e. The van der Waals surface area contributed by atoms with Crippen LogP contribution >= 0.6 is 11.6 Å². The number of aliphatic hydroxyl groups is 1. The first-order chi connectivity index (χ1) is 13.4. The number of hydrogen-bond donors (Lipinski definition) is 2. The number of halogens is 2. The topological polar surface area (TPSA) is 91.5 Å². The maximum absolute atomic E-state index is 14.7. The van der Waals surface area contributed by atoms with Gasteiger partial charge in [0.05, 0.1) is 11.7 Å². The number of rotatable bonds is 3. The minimum absolute atomic E-state index is 0.0949. The molecule has 28 heavy (non-hydrogen) atoms. The van der Waals surface area contributed by atoms with Crippen molar-refractivity contribution < 1.29 is 18.7 Å². The van der Waals surface area contributed by atoms with E-state index < -0.39 is 11.9 Å². The Labute approximate surface area is 165 Å². The number of carbonyl (C=O) groups is 1. The minimum atomic E-state index is -0.588.